The number of benzene rings is 2. The van der Waals surface area contributed by atoms with Gasteiger partial charge in [0, 0.05) is 35.9 Å². The third-order valence-corrected chi connectivity index (χ3v) is 5.32. The second-order valence-corrected chi connectivity index (χ2v) is 7.23. The number of thioether (sulfide) groups is 1. The molecule has 0 radical (unpaired) electrons. The highest BCUT2D eigenvalue weighted by Gasteiger charge is 2.33. The molecule has 6 heteroatoms. The molecule has 26 heavy (non-hydrogen) atoms. The lowest BCUT2D eigenvalue weighted by molar-refractivity contribution is -0.128. The zero-order valence-electron chi connectivity index (χ0n) is 14.5. The van der Waals surface area contributed by atoms with E-state index < -0.39 is 0 Å². The van der Waals surface area contributed by atoms with Gasteiger partial charge in [-0.1, -0.05) is 35.5 Å². The summed E-state index contributed by atoms with van der Waals surface area (Å²) in [6.45, 7) is 1.24. The van der Waals surface area contributed by atoms with Crippen molar-refractivity contribution < 1.29 is 9.32 Å². The zero-order chi connectivity index (χ0) is 17.9. The van der Waals surface area contributed by atoms with Crippen molar-refractivity contribution in [2.45, 2.75) is 23.8 Å². The van der Waals surface area contributed by atoms with Crippen LogP contribution in [-0.4, -0.2) is 33.7 Å². The average Bonchev–Trinajstić information content (AvgIpc) is 3.31. The quantitative estimate of drug-likeness (QED) is 0.640. The first-order valence-electron chi connectivity index (χ1n) is 8.52. The molecule has 1 aliphatic rings. The van der Waals surface area contributed by atoms with Crippen molar-refractivity contribution in [3.05, 3.63) is 66.0 Å². The Bertz CT molecular complexity index is 893. The summed E-state index contributed by atoms with van der Waals surface area (Å²) < 4.78 is 5.38. The highest BCUT2D eigenvalue weighted by molar-refractivity contribution is 7.98. The third-order valence-electron chi connectivity index (χ3n) is 4.57. The van der Waals surface area contributed by atoms with Crippen LogP contribution < -0.4 is 0 Å². The lowest BCUT2D eigenvalue weighted by Gasteiger charge is -2.16. The molecule has 2 heterocycles. The minimum absolute atomic E-state index is 0.0193. The van der Waals surface area contributed by atoms with Crippen LogP contribution in [0.15, 0.2) is 64.0 Å². The summed E-state index contributed by atoms with van der Waals surface area (Å²) in [5.74, 6) is 1.22. The second kappa shape index (κ2) is 7.33. The van der Waals surface area contributed by atoms with Crippen molar-refractivity contribution in [1.82, 2.24) is 15.0 Å². The fourth-order valence-corrected chi connectivity index (χ4v) is 3.56. The number of hydrogen-bond acceptors (Lipinski definition) is 5. The fraction of sp³-hybridized carbons (Fsp3) is 0.250. The second-order valence-electron chi connectivity index (χ2n) is 6.35. The number of aromatic nitrogens is 2. The van der Waals surface area contributed by atoms with E-state index in [2.05, 4.69) is 40.7 Å². The van der Waals surface area contributed by atoms with Gasteiger partial charge >= 0.3 is 0 Å². The summed E-state index contributed by atoms with van der Waals surface area (Å²) in [4.78, 5) is 20.0. The smallest absolute Gasteiger partial charge is 0.257 e. The average molecular weight is 365 g/mol. The first-order chi connectivity index (χ1) is 12.7. The Balaban J connectivity index is 1.45. The zero-order valence-corrected chi connectivity index (χ0v) is 15.3. The molecule has 0 saturated carbocycles. The Morgan fingerprint density at radius 1 is 1.15 bits per heavy atom. The molecule has 0 bridgehead atoms. The summed E-state index contributed by atoms with van der Waals surface area (Å²) in [5, 5.41) is 4.11. The number of hydrogen-bond donors (Lipinski definition) is 0. The predicted octanol–water partition coefficient (Wildman–Crippen LogP) is 3.97. The van der Waals surface area contributed by atoms with Crippen molar-refractivity contribution in [2.75, 3.05) is 12.8 Å². The largest absolute Gasteiger partial charge is 0.338 e. The maximum Gasteiger partial charge on any atom is 0.257 e. The molecule has 4 rings (SSSR count). The number of carbonyl (C=O) groups is 1. The molecule has 1 aliphatic heterocycles. The molecular weight excluding hydrogens is 346 g/mol. The first kappa shape index (κ1) is 16.8. The Kier molecular flexibility index (Phi) is 4.75. The molecule has 1 amide bonds. The SMILES string of the molecule is CSc1ccc(CN2CC(c3noc(-c4ccccc4)n3)CC2=O)cc1. The standard InChI is InChI=1S/C20H19N3O2S/c1-26-17-9-7-14(8-10-17)12-23-13-16(11-18(23)24)19-21-20(25-22-19)15-5-3-2-4-6-15/h2-10,16H,11-13H2,1H3. The van der Waals surface area contributed by atoms with E-state index >= 15 is 0 Å². The molecule has 1 fully saturated rings. The van der Waals surface area contributed by atoms with E-state index in [-0.39, 0.29) is 11.8 Å². The van der Waals surface area contributed by atoms with Gasteiger partial charge in [-0.05, 0) is 36.1 Å². The topological polar surface area (TPSA) is 59.2 Å². The molecule has 5 nitrogen and oxygen atoms in total. The van der Waals surface area contributed by atoms with Crippen molar-refractivity contribution >= 4 is 17.7 Å². The van der Waals surface area contributed by atoms with Gasteiger partial charge in [0.2, 0.25) is 5.91 Å². The van der Waals surface area contributed by atoms with Crippen LogP contribution in [0.2, 0.25) is 0 Å². The van der Waals surface area contributed by atoms with Gasteiger partial charge in [0.15, 0.2) is 5.82 Å². The third kappa shape index (κ3) is 3.51. The number of carbonyl (C=O) groups excluding carboxylic acids is 1. The van der Waals surface area contributed by atoms with Crippen LogP contribution >= 0.6 is 11.8 Å². The Morgan fingerprint density at radius 3 is 2.65 bits per heavy atom. The van der Waals surface area contributed by atoms with E-state index in [0.29, 0.717) is 31.2 Å². The van der Waals surface area contributed by atoms with Crippen LogP contribution in [0, 0.1) is 0 Å². The van der Waals surface area contributed by atoms with Gasteiger partial charge < -0.3 is 9.42 Å². The van der Waals surface area contributed by atoms with E-state index in [1.807, 2.05) is 35.2 Å². The van der Waals surface area contributed by atoms with Crippen molar-refractivity contribution in [3.63, 3.8) is 0 Å². The van der Waals surface area contributed by atoms with Crippen LogP contribution in [0.4, 0.5) is 0 Å². The molecule has 0 spiro atoms. The molecule has 1 aromatic heterocycles. The minimum atomic E-state index is -0.0193. The normalized spacial score (nSPS) is 17.0. The number of nitrogens with zero attached hydrogens (tertiary/aromatic N) is 3. The van der Waals surface area contributed by atoms with E-state index in [9.17, 15) is 4.79 Å². The van der Waals surface area contributed by atoms with Crippen molar-refractivity contribution in [1.29, 1.82) is 0 Å². The van der Waals surface area contributed by atoms with Gasteiger partial charge in [0.25, 0.3) is 5.89 Å². The molecule has 3 aromatic rings. The van der Waals surface area contributed by atoms with Crippen LogP contribution in [0.1, 0.15) is 23.7 Å². The molecule has 1 atom stereocenters. The lowest BCUT2D eigenvalue weighted by Crippen LogP contribution is -2.24. The van der Waals surface area contributed by atoms with Gasteiger partial charge in [0.05, 0.1) is 0 Å². The highest BCUT2D eigenvalue weighted by Crippen LogP contribution is 2.29. The summed E-state index contributed by atoms with van der Waals surface area (Å²) in [6.07, 6.45) is 2.48. The molecule has 0 N–H and O–H groups in total. The fourth-order valence-electron chi connectivity index (χ4n) is 3.15. The van der Waals surface area contributed by atoms with Crippen LogP contribution in [0.3, 0.4) is 0 Å². The first-order valence-corrected chi connectivity index (χ1v) is 9.75. The number of rotatable bonds is 5. The maximum atomic E-state index is 12.4. The monoisotopic (exact) mass is 365 g/mol. The summed E-state index contributed by atoms with van der Waals surface area (Å²) in [5.41, 5.74) is 2.02. The number of amides is 1. The van der Waals surface area contributed by atoms with Crippen molar-refractivity contribution in [3.8, 4) is 11.5 Å². The minimum Gasteiger partial charge on any atom is -0.338 e. The molecule has 1 saturated heterocycles. The van der Waals surface area contributed by atoms with Gasteiger partial charge in [-0.15, -0.1) is 11.8 Å². The maximum absolute atomic E-state index is 12.4. The van der Waals surface area contributed by atoms with E-state index in [1.165, 1.54) is 4.90 Å². The van der Waals surface area contributed by atoms with E-state index in [4.69, 9.17) is 4.52 Å². The van der Waals surface area contributed by atoms with Gasteiger partial charge in [-0.2, -0.15) is 4.98 Å². The molecular formula is C20H19N3O2S. The molecule has 132 valence electrons. The lowest BCUT2D eigenvalue weighted by atomic mass is 10.1. The highest BCUT2D eigenvalue weighted by atomic mass is 32.2. The van der Waals surface area contributed by atoms with Crippen LogP contribution in [-0.2, 0) is 11.3 Å². The van der Waals surface area contributed by atoms with Crippen molar-refractivity contribution in [2.24, 2.45) is 0 Å². The van der Waals surface area contributed by atoms with E-state index in [0.717, 1.165) is 11.1 Å². The Hall–Kier alpha value is -2.60. The molecule has 0 aliphatic carbocycles. The van der Waals surface area contributed by atoms with Gasteiger partial charge in [-0.3, -0.25) is 4.79 Å². The molecule has 2 aromatic carbocycles. The Labute approximate surface area is 156 Å². The van der Waals surface area contributed by atoms with Crippen LogP contribution in [0.5, 0.6) is 0 Å². The summed E-state index contributed by atoms with van der Waals surface area (Å²) in [7, 11) is 0. The van der Waals surface area contributed by atoms with Crippen LogP contribution in [0.25, 0.3) is 11.5 Å². The summed E-state index contributed by atoms with van der Waals surface area (Å²) >= 11 is 1.71. The Morgan fingerprint density at radius 2 is 1.92 bits per heavy atom. The van der Waals surface area contributed by atoms with E-state index in [1.54, 1.807) is 11.8 Å². The van der Waals surface area contributed by atoms with Gasteiger partial charge in [0.1, 0.15) is 0 Å². The van der Waals surface area contributed by atoms with Gasteiger partial charge in [-0.25, -0.2) is 0 Å². The number of likely N-dealkylation sites (tertiary alicyclic amines) is 1. The summed E-state index contributed by atoms with van der Waals surface area (Å²) in [6, 6.07) is 18.0. The molecule has 1 unspecified atom stereocenters. The predicted molar refractivity (Wildman–Crippen MR) is 101 cm³/mol.